The minimum atomic E-state index is -0.787. The van der Waals surface area contributed by atoms with E-state index in [1.165, 1.54) is 57.8 Å². The molecule has 0 aromatic carbocycles. The van der Waals surface area contributed by atoms with Gasteiger partial charge < -0.3 is 5.73 Å². The Morgan fingerprint density at radius 2 is 1.83 bits per heavy atom. The largest absolute Gasteiger partial charge is 0.363 e. The highest BCUT2D eigenvalue weighted by molar-refractivity contribution is 6.35. The Hall–Kier alpha value is -1.12. The fraction of sp³-hybridized carbons (Fsp3) is 0.800. The fourth-order valence-electron chi connectivity index (χ4n) is 3.63. The lowest BCUT2D eigenvalue weighted by Gasteiger charge is -2.16. The summed E-state index contributed by atoms with van der Waals surface area (Å²) in [5.74, 6) is 0.391. The topological polar surface area (TPSA) is 60.2 Å². The normalized spacial score (nSPS) is 21.1. The van der Waals surface area contributed by atoms with Gasteiger partial charge in [-0.15, -0.1) is 0 Å². The van der Waals surface area contributed by atoms with E-state index in [-0.39, 0.29) is 0 Å². The van der Waals surface area contributed by atoms with Crippen molar-refractivity contribution in [3.05, 3.63) is 12.2 Å². The molecule has 1 fully saturated rings. The summed E-state index contributed by atoms with van der Waals surface area (Å²) >= 11 is 0. The quantitative estimate of drug-likeness (QED) is 0.297. The van der Waals surface area contributed by atoms with Crippen LogP contribution in [0.3, 0.4) is 0 Å². The Morgan fingerprint density at radius 3 is 2.57 bits per heavy atom. The number of carbonyl (C=O) groups excluding carboxylic acids is 2. The summed E-state index contributed by atoms with van der Waals surface area (Å²) in [4.78, 5) is 21.8. The van der Waals surface area contributed by atoms with E-state index in [1.807, 2.05) is 0 Å². The molecule has 1 saturated carbocycles. The molecule has 3 heteroatoms. The SMILES string of the molecule is CCCCCCC=C[C@H]1CCC[C@@H]1CCCCCC(=O)C(N)=O. The van der Waals surface area contributed by atoms with E-state index in [1.54, 1.807) is 0 Å². The summed E-state index contributed by atoms with van der Waals surface area (Å²) in [6, 6.07) is 0. The number of primary amides is 1. The molecular formula is C20H35NO2. The molecule has 0 radical (unpaired) electrons. The Labute approximate surface area is 142 Å². The van der Waals surface area contributed by atoms with Gasteiger partial charge in [-0.25, -0.2) is 0 Å². The van der Waals surface area contributed by atoms with E-state index >= 15 is 0 Å². The van der Waals surface area contributed by atoms with Gasteiger partial charge in [0, 0.05) is 6.42 Å². The highest BCUT2D eigenvalue weighted by Crippen LogP contribution is 2.36. The Bertz CT molecular complexity index is 376. The van der Waals surface area contributed by atoms with Gasteiger partial charge in [0.25, 0.3) is 5.91 Å². The van der Waals surface area contributed by atoms with E-state index in [4.69, 9.17) is 5.73 Å². The lowest BCUT2D eigenvalue weighted by atomic mass is 9.90. The fourth-order valence-corrected chi connectivity index (χ4v) is 3.63. The van der Waals surface area contributed by atoms with Crippen molar-refractivity contribution in [2.75, 3.05) is 0 Å². The number of rotatable bonds is 13. The van der Waals surface area contributed by atoms with Crippen LogP contribution < -0.4 is 5.73 Å². The predicted molar refractivity (Wildman–Crippen MR) is 96.0 cm³/mol. The van der Waals surface area contributed by atoms with Crippen LogP contribution in [0, 0.1) is 11.8 Å². The zero-order valence-electron chi connectivity index (χ0n) is 14.9. The van der Waals surface area contributed by atoms with Gasteiger partial charge in [-0.2, -0.15) is 0 Å². The first-order valence-corrected chi connectivity index (χ1v) is 9.64. The highest BCUT2D eigenvalue weighted by atomic mass is 16.2. The average Bonchev–Trinajstić information content (AvgIpc) is 2.97. The number of hydrogen-bond acceptors (Lipinski definition) is 2. The van der Waals surface area contributed by atoms with Gasteiger partial charge in [-0.3, -0.25) is 9.59 Å². The van der Waals surface area contributed by atoms with Crippen LogP contribution in [0.25, 0.3) is 0 Å². The van der Waals surface area contributed by atoms with Crippen LogP contribution >= 0.6 is 0 Å². The van der Waals surface area contributed by atoms with Gasteiger partial charge in [0.05, 0.1) is 0 Å². The molecule has 0 spiro atoms. The maximum Gasteiger partial charge on any atom is 0.284 e. The molecule has 2 N–H and O–H groups in total. The molecule has 0 saturated heterocycles. The molecule has 0 heterocycles. The number of nitrogens with two attached hydrogens (primary N) is 1. The van der Waals surface area contributed by atoms with Crippen molar-refractivity contribution < 1.29 is 9.59 Å². The second-order valence-corrected chi connectivity index (χ2v) is 7.02. The molecule has 1 amide bonds. The Morgan fingerprint density at radius 1 is 1.04 bits per heavy atom. The maximum absolute atomic E-state index is 11.1. The summed E-state index contributed by atoms with van der Waals surface area (Å²) in [5.41, 5.74) is 4.96. The summed E-state index contributed by atoms with van der Waals surface area (Å²) in [7, 11) is 0. The van der Waals surface area contributed by atoms with Crippen LogP contribution in [-0.2, 0) is 9.59 Å². The molecule has 1 aliphatic rings. The molecule has 0 aromatic rings. The van der Waals surface area contributed by atoms with Crippen molar-refractivity contribution in [3.63, 3.8) is 0 Å². The van der Waals surface area contributed by atoms with E-state index in [9.17, 15) is 9.59 Å². The van der Waals surface area contributed by atoms with Crippen molar-refractivity contribution in [1.82, 2.24) is 0 Å². The molecule has 0 bridgehead atoms. The lowest BCUT2D eigenvalue weighted by Crippen LogP contribution is -2.22. The predicted octanol–water partition coefficient (Wildman–Crippen LogP) is 4.93. The van der Waals surface area contributed by atoms with Crippen LogP contribution in [0.15, 0.2) is 12.2 Å². The van der Waals surface area contributed by atoms with Crippen molar-refractivity contribution in [1.29, 1.82) is 0 Å². The monoisotopic (exact) mass is 321 g/mol. The zero-order valence-corrected chi connectivity index (χ0v) is 14.9. The second-order valence-electron chi connectivity index (χ2n) is 7.02. The Kier molecular flexibility index (Phi) is 10.7. The summed E-state index contributed by atoms with van der Waals surface area (Å²) in [6.07, 6.45) is 20.1. The van der Waals surface area contributed by atoms with Gasteiger partial charge in [0.2, 0.25) is 5.78 Å². The third-order valence-corrected chi connectivity index (χ3v) is 5.08. The molecule has 3 nitrogen and oxygen atoms in total. The number of amides is 1. The molecule has 1 rings (SSSR count). The zero-order chi connectivity index (χ0) is 16.9. The number of allylic oxidation sites excluding steroid dienone is 2. The summed E-state index contributed by atoms with van der Waals surface area (Å²) < 4.78 is 0. The third-order valence-electron chi connectivity index (χ3n) is 5.08. The molecule has 0 aliphatic heterocycles. The van der Waals surface area contributed by atoms with Crippen LogP contribution in [0.1, 0.15) is 90.4 Å². The van der Waals surface area contributed by atoms with Crippen LogP contribution in [0.4, 0.5) is 0 Å². The smallest absolute Gasteiger partial charge is 0.284 e. The molecule has 132 valence electrons. The molecule has 1 aliphatic carbocycles. The van der Waals surface area contributed by atoms with E-state index in [0.29, 0.717) is 6.42 Å². The summed E-state index contributed by atoms with van der Waals surface area (Å²) in [5, 5.41) is 0. The van der Waals surface area contributed by atoms with E-state index in [0.717, 1.165) is 31.1 Å². The number of Topliss-reactive ketones (excluding diaryl/α,β-unsaturated/α-hetero) is 1. The van der Waals surface area contributed by atoms with Crippen molar-refractivity contribution in [2.24, 2.45) is 17.6 Å². The first kappa shape index (κ1) is 19.9. The van der Waals surface area contributed by atoms with Crippen molar-refractivity contribution in [2.45, 2.75) is 90.4 Å². The average molecular weight is 322 g/mol. The first-order chi connectivity index (χ1) is 11.1. The molecule has 23 heavy (non-hydrogen) atoms. The number of hydrogen-bond donors (Lipinski definition) is 1. The minimum absolute atomic E-state index is 0.321. The highest BCUT2D eigenvalue weighted by Gasteiger charge is 2.24. The van der Waals surface area contributed by atoms with E-state index < -0.39 is 11.7 Å². The van der Waals surface area contributed by atoms with E-state index in [2.05, 4.69) is 19.1 Å². The van der Waals surface area contributed by atoms with Gasteiger partial charge in [-0.05, 0) is 50.4 Å². The standard InChI is InChI=1S/C20H35NO2/c1-2-3-4-5-6-8-12-17-14-11-15-18(17)13-9-7-10-16-19(22)20(21)23/h8,12,17-18H,2-7,9-11,13-16H2,1H3,(H2,21,23)/t17-,18-/m0/s1. The van der Waals surface area contributed by atoms with Crippen LogP contribution in [-0.4, -0.2) is 11.7 Å². The van der Waals surface area contributed by atoms with Gasteiger partial charge >= 0.3 is 0 Å². The molecule has 0 aromatic heterocycles. The number of carbonyl (C=O) groups is 2. The Balaban J connectivity index is 2.11. The van der Waals surface area contributed by atoms with Crippen molar-refractivity contribution >= 4 is 11.7 Å². The third kappa shape index (κ3) is 8.92. The van der Waals surface area contributed by atoms with Gasteiger partial charge in [-0.1, -0.05) is 57.6 Å². The second kappa shape index (κ2) is 12.3. The molecular weight excluding hydrogens is 286 g/mol. The molecule has 0 unspecified atom stereocenters. The molecule has 2 atom stereocenters. The lowest BCUT2D eigenvalue weighted by molar-refractivity contribution is -0.136. The summed E-state index contributed by atoms with van der Waals surface area (Å²) in [6.45, 7) is 2.25. The first-order valence-electron chi connectivity index (χ1n) is 9.64. The van der Waals surface area contributed by atoms with Crippen LogP contribution in [0.2, 0.25) is 0 Å². The van der Waals surface area contributed by atoms with Gasteiger partial charge in [0.15, 0.2) is 0 Å². The van der Waals surface area contributed by atoms with Crippen LogP contribution in [0.5, 0.6) is 0 Å². The van der Waals surface area contributed by atoms with Gasteiger partial charge in [0.1, 0.15) is 0 Å². The minimum Gasteiger partial charge on any atom is -0.363 e. The maximum atomic E-state index is 11.1. The van der Waals surface area contributed by atoms with Crippen molar-refractivity contribution in [3.8, 4) is 0 Å². The number of ketones is 1. The number of unbranched alkanes of at least 4 members (excludes halogenated alkanes) is 6.